The molecule has 0 bridgehead atoms. The van der Waals surface area contributed by atoms with Crippen molar-refractivity contribution in [3.05, 3.63) is 75.2 Å². The first kappa shape index (κ1) is 15.7. The van der Waals surface area contributed by atoms with Crippen LogP contribution in [0, 0.1) is 5.82 Å². The van der Waals surface area contributed by atoms with Crippen LogP contribution in [0.25, 0.3) is 16.6 Å². The number of benzene rings is 2. The number of halogens is 1. The molecule has 0 aliphatic rings. The maximum absolute atomic E-state index is 13.1. The number of rotatable bonds is 3. The second kappa shape index (κ2) is 5.77. The number of fused-ring (bicyclic) bond motifs is 1. The number of para-hydroxylation sites is 1. The quantitative estimate of drug-likeness (QED) is 0.796. The fourth-order valence-corrected chi connectivity index (χ4v) is 2.59. The Morgan fingerprint density at radius 1 is 1.08 bits per heavy atom. The number of carboxylic acids is 1. The van der Waals surface area contributed by atoms with Crippen LogP contribution in [0.5, 0.6) is 0 Å². The van der Waals surface area contributed by atoms with Crippen LogP contribution in [-0.2, 0) is 4.79 Å². The Kier molecular flexibility index (Phi) is 3.76. The average Bonchev–Trinajstić information content (AvgIpc) is 2.56. The molecule has 1 heterocycles. The van der Waals surface area contributed by atoms with Gasteiger partial charge in [0.1, 0.15) is 11.9 Å². The third-order valence-electron chi connectivity index (χ3n) is 3.82. The lowest BCUT2D eigenvalue weighted by Gasteiger charge is -2.17. The molecular weight excluding hydrogens is 315 g/mol. The summed E-state index contributed by atoms with van der Waals surface area (Å²) in [6.45, 7) is 1.36. The van der Waals surface area contributed by atoms with Crippen LogP contribution in [0.4, 0.5) is 4.39 Å². The summed E-state index contributed by atoms with van der Waals surface area (Å²) in [6, 6.07) is 9.95. The van der Waals surface area contributed by atoms with E-state index in [1.165, 1.54) is 31.2 Å². The minimum Gasteiger partial charge on any atom is -0.480 e. The maximum Gasteiger partial charge on any atom is 0.336 e. The number of aromatic nitrogens is 2. The Balaban J connectivity index is 2.47. The van der Waals surface area contributed by atoms with Crippen LogP contribution in [-0.4, -0.2) is 20.2 Å². The van der Waals surface area contributed by atoms with Crippen molar-refractivity contribution >= 4 is 16.9 Å². The van der Waals surface area contributed by atoms with E-state index in [2.05, 4.69) is 0 Å². The Morgan fingerprint density at radius 3 is 2.33 bits per heavy atom. The zero-order valence-corrected chi connectivity index (χ0v) is 12.6. The highest BCUT2D eigenvalue weighted by Gasteiger charge is 2.21. The molecule has 122 valence electrons. The van der Waals surface area contributed by atoms with E-state index in [4.69, 9.17) is 0 Å². The second-order valence-electron chi connectivity index (χ2n) is 5.30. The van der Waals surface area contributed by atoms with Crippen LogP contribution < -0.4 is 11.2 Å². The predicted octanol–water partition coefficient (Wildman–Crippen LogP) is 1.94. The first-order valence-electron chi connectivity index (χ1n) is 7.17. The normalized spacial score (nSPS) is 12.2. The van der Waals surface area contributed by atoms with Crippen molar-refractivity contribution in [1.82, 2.24) is 9.13 Å². The summed E-state index contributed by atoms with van der Waals surface area (Å²) in [6.07, 6.45) is 0. The molecule has 1 unspecified atom stereocenters. The van der Waals surface area contributed by atoms with Crippen molar-refractivity contribution in [3.63, 3.8) is 0 Å². The molecule has 1 atom stereocenters. The molecule has 0 saturated carbocycles. The van der Waals surface area contributed by atoms with Crippen LogP contribution in [0.15, 0.2) is 58.1 Å². The Hall–Kier alpha value is -3.22. The Labute approximate surface area is 135 Å². The predicted molar refractivity (Wildman–Crippen MR) is 86.1 cm³/mol. The summed E-state index contributed by atoms with van der Waals surface area (Å²) < 4.78 is 15.0. The first-order chi connectivity index (χ1) is 11.4. The van der Waals surface area contributed by atoms with Crippen molar-refractivity contribution in [3.8, 4) is 5.69 Å². The first-order valence-corrected chi connectivity index (χ1v) is 7.17. The molecule has 24 heavy (non-hydrogen) atoms. The van der Waals surface area contributed by atoms with E-state index in [1.54, 1.807) is 12.1 Å². The molecule has 0 saturated heterocycles. The van der Waals surface area contributed by atoms with Gasteiger partial charge in [0.15, 0.2) is 0 Å². The molecule has 0 amide bonds. The van der Waals surface area contributed by atoms with Gasteiger partial charge < -0.3 is 5.11 Å². The molecule has 0 fully saturated rings. The number of aliphatic carboxylic acids is 1. The van der Waals surface area contributed by atoms with Gasteiger partial charge in [0.25, 0.3) is 5.56 Å². The maximum atomic E-state index is 13.1. The van der Waals surface area contributed by atoms with Crippen molar-refractivity contribution in [1.29, 1.82) is 0 Å². The molecule has 0 aliphatic carbocycles. The van der Waals surface area contributed by atoms with E-state index in [-0.39, 0.29) is 16.6 Å². The van der Waals surface area contributed by atoms with Gasteiger partial charge in [-0.2, -0.15) is 0 Å². The van der Waals surface area contributed by atoms with Gasteiger partial charge in [0.05, 0.1) is 16.6 Å². The van der Waals surface area contributed by atoms with Gasteiger partial charge in [-0.1, -0.05) is 12.1 Å². The molecule has 2 aromatic carbocycles. The van der Waals surface area contributed by atoms with Gasteiger partial charge in [-0.25, -0.2) is 18.5 Å². The Bertz CT molecular complexity index is 1050. The molecule has 6 nitrogen and oxygen atoms in total. The third-order valence-corrected chi connectivity index (χ3v) is 3.82. The number of hydrogen-bond acceptors (Lipinski definition) is 3. The van der Waals surface area contributed by atoms with E-state index >= 15 is 0 Å². The van der Waals surface area contributed by atoms with Gasteiger partial charge in [-0.3, -0.25) is 9.36 Å². The molecule has 7 heteroatoms. The van der Waals surface area contributed by atoms with E-state index in [9.17, 15) is 23.9 Å². The van der Waals surface area contributed by atoms with E-state index < -0.39 is 29.1 Å². The smallest absolute Gasteiger partial charge is 0.336 e. The molecule has 1 N–H and O–H groups in total. The van der Waals surface area contributed by atoms with E-state index in [1.807, 2.05) is 0 Å². The summed E-state index contributed by atoms with van der Waals surface area (Å²) in [5, 5.41) is 9.49. The van der Waals surface area contributed by atoms with Gasteiger partial charge in [0, 0.05) is 0 Å². The number of carboxylic acid groups (broad SMARTS) is 1. The van der Waals surface area contributed by atoms with E-state index in [0.717, 1.165) is 21.3 Å². The minimum atomic E-state index is -1.20. The molecule has 3 aromatic rings. The zero-order chi connectivity index (χ0) is 17.4. The topological polar surface area (TPSA) is 81.3 Å². The van der Waals surface area contributed by atoms with Gasteiger partial charge >= 0.3 is 11.7 Å². The highest BCUT2D eigenvalue weighted by atomic mass is 19.1. The van der Waals surface area contributed by atoms with Crippen molar-refractivity contribution < 1.29 is 14.3 Å². The number of hydrogen-bond donors (Lipinski definition) is 1. The zero-order valence-electron chi connectivity index (χ0n) is 12.6. The van der Waals surface area contributed by atoms with Crippen molar-refractivity contribution in [2.45, 2.75) is 13.0 Å². The third kappa shape index (κ3) is 2.40. The highest BCUT2D eigenvalue weighted by molar-refractivity contribution is 5.81. The van der Waals surface area contributed by atoms with E-state index in [0.29, 0.717) is 0 Å². The summed E-state index contributed by atoms with van der Waals surface area (Å²) in [7, 11) is 0. The lowest BCUT2D eigenvalue weighted by molar-refractivity contribution is -0.140. The lowest BCUT2D eigenvalue weighted by Crippen LogP contribution is -2.41. The molecule has 3 rings (SSSR count). The summed E-state index contributed by atoms with van der Waals surface area (Å²) in [5.74, 6) is -1.71. The van der Waals surface area contributed by atoms with Crippen molar-refractivity contribution in [2.24, 2.45) is 0 Å². The summed E-state index contributed by atoms with van der Waals surface area (Å²) in [4.78, 5) is 36.9. The largest absolute Gasteiger partial charge is 0.480 e. The van der Waals surface area contributed by atoms with Gasteiger partial charge in [0.2, 0.25) is 0 Å². The average molecular weight is 328 g/mol. The molecule has 0 radical (unpaired) electrons. The van der Waals surface area contributed by atoms with Crippen LogP contribution in [0.1, 0.15) is 13.0 Å². The molecule has 0 aliphatic heterocycles. The fourth-order valence-electron chi connectivity index (χ4n) is 2.59. The van der Waals surface area contributed by atoms with Crippen LogP contribution in [0.2, 0.25) is 0 Å². The summed E-state index contributed by atoms with van der Waals surface area (Å²) >= 11 is 0. The monoisotopic (exact) mass is 328 g/mol. The van der Waals surface area contributed by atoms with Gasteiger partial charge in [-0.05, 0) is 43.3 Å². The minimum absolute atomic E-state index is 0.170. The second-order valence-corrected chi connectivity index (χ2v) is 5.30. The fraction of sp³-hybridized carbons (Fsp3) is 0.118. The molecular formula is C17H13FN2O4. The SMILES string of the molecule is CC(C(=O)O)n1c(=O)n(-c2ccc(F)cc2)c(=O)c2ccccc21. The highest BCUT2D eigenvalue weighted by Crippen LogP contribution is 2.15. The number of nitrogens with zero attached hydrogens (tertiary/aromatic N) is 2. The molecule has 0 spiro atoms. The summed E-state index contributed by atoms with van der Waals surface area (Å²) in [5.41, 5.74) is -0.972. The van der Waals surface area contributed by atoms with Crippen molar-refractivity contribution in [2.75, 3.05) is 0 Å². The van der Waals surface area contributed by atoms with Gasteiger partial charge in [-0.15, -0.1) is 0 Å². The van der Waals surface area contributed by atoms with Crippen LogP contribution >= 0.6 is 0 Å². The standard InChI is InChI=1S/C17H13FN2O4/c1-10(16(22)23)19-14-5-3-2-4-13(14)15(21)20(17(19)24)12-8-6-11(18)7-9-12/h2-10H,1H3,(H,22,23). The lowest BCUT2D eigenvalue weighted by atomic mass is 10.2. The molecule has 1 aromatic heterocycles. The number of carbonyl (C=O) groups is 1. The van der Waals surface area contributed by atoms with Crippen LogP contribution in [0.3, 0.4) is 0 Å². The Morgan fingerprint density at radius 2 is 1.71 bits per heavy atom.